The van der Waals surface area contributed by atoms with Crippen molar-refractivity contribution in [1.82, 2.24) is 0 Å². The van der Waals surface area contributed by atoms with Gasteiger partial charge in [-0.1, -0.05) is 53.9 Å². The molecule has 20 heavy (non-hydrogen) atoms. The minimum Gasteiger partial charge on any atom is -0.413 e. The Hall–Kier alpha value is -0.153. The number of hydrogen-bond acceptors (Lipinski definition) is 2. The van der Waals surface area contributed by atoms with E-state index in [4.69, 9.17) is 4.43 Å². The van der Waals surface area contributed by atoms with E-state index in [1.54, 1.807) is 0 Å². The van der Waals surface area contributed by atoms with Gasteiger partial charge in [0.25, 0.3) is 0 Å². The predicted molar refractivity (Wildman–Crippen MR) is 88.5 cm³/mol. The molecule has 1 aliphatic rings. The van der Waals surface area contributed by atoms with Gasteiger partial charge in [-0.2, -0.15) is 0 Å². The van der Waals surface area contributed by atoms with Crippen molar-refractivity contribution in [3.05, 3.63) is 0 Å². The molecular formula is C17H34O2Si. The van der Waals surface area contributed by atoms with Gasteiger partial charge in [-0.05, 0) is 36.9 Å². The molecule has 0 aromatic carbocycles. The van der Waals surface area contributed by atoms with Crippen molar-refractivity contribution in [2.45, 2.75) is 91.0 Å². The van der Waals surface area contributed by atoms with Crippen LogP contribution < -0.4 is 0 Å². The molecule has 0 spiro atoms. The zero-order valence-electron chi connectivity index (χ0n) is 14.6. The highest BCUT2D eigenvalue weighted by molar-refractivity contribution is 6.74. The molecule has 0 radical (unpaired) electrons. The summed E-state index contributed by atoms with van der Waals surface area (Å²) >= 11 is 0. The lowest BCUT2D eigenvalue weighted by molar-refractivity contribution is -0.122. The van der Waals surface area contributed by atoms with Crippen LogP contribution in [-0.4, -0.2) is 20.7 Å². The first-order chi connectivity index (χ1) is 9.01. The summed E-state index contributed by atoms with van der Waals surface area (Å²) in [5, 5.41) is 0.193. The molecule has 1 fully saturated rings. The van der Waals surface area contributed by atoms with Crippen molar-refractivity contribution in [3.8, 4) is 0 Å². The van der Waals surface area contributed by atoms with Crippen LogP contribution in [0.1, 0.15) is 66.7 Å². The van der Waals surface area contributed by atoms with Crippen LogP contribution in [0.4, 0.5) is 0 Å². The van der Waals surface area contributed by atoms with Gasteiger partial charge in [0.2, 0.25) is 0 Å². The Kier molecular flexibility index (Phi) is 5.65. The van der Waals surface area contributed by atoms with E-state index < -0.39 is 8.32 Å². The van der Waals surface area contributed by atoms with Crippen LogP contribution in [0, 0.1) is 11.3 Å². The molecule has 1 saturated carbocycles. The van der Waals surface area contributed by atoms with E-state index in [1.165, 1.54) is 32.1 Å². The Balaban J connectivity index is 2.96. The summed E-state index contributed by atoms with van der Waals surface area (Å²) < 4.78 is 6.71. The minimum absolute atomic E-state index is 0.0844. The van der Waals surface area contributed by atoms with Crippen molar-refractivity contribution >= 4 is 14.6 Å². The molecule has 0 N–H and O–H groups in total. The second-order valence-corrected chi connectivity index (χ2v) is 13.4. The molecule has 1 rings (SSSR count). The largest absolute Gasteiger partial charge is 0.413 e. The fraction of sp³-hybridized carbons (Fsp3) is 0.941. The third-order valence-corrected chi connectivity index (χ3v) is 9.80. The van der Waals surface area contributed by atoms with Crippen molar-refractivity contribution in [2.24, 2.45) is 11.3 Å². The van der Waals surface area contributed by atoms with Gasteiger partial charge in [0.1, 0.15) is 6.29 Å². The molecule has 1 unspecified atom stereocenters. The Morgan fingerprint density at radius 1 is 1.05 bits per heavy atom. The van der Waals surface area contributed by atoms with E-state index in [0.29, 0.717) is 5.92 Å². The second-order valence-electron chi connectivity index (χ2n) is 8.64. The number of hydrogen-bond donors (Lipinski definition) is 0. The first-order valence-corrected chi connectivity index (χ1v) is 11.1. The predicted octanol–water partition coefficient (Wildman–Crippen LogP) is 5.18. The first-order valence-electron chi connectivity index (χ1n) is 8.15. The van der Waals surface area contributed by atoms with Crippen molar-refractivity contribution < 1.29 is 9.22 Å². The van der Waals surface area contributed by atoms with Gasteiger partial charge < -0.3 is 9.22 Å². The van der Waals surface area contributed by atoms with Crippen LogP contribution in [0.15, 0.2) is 0 Å². The Labute approximate surface area is 126 Å². The van der Waals surface area contributed by atoms with Crippen molar-refractivity contribution in [3.63, 3.8) is 0 Å². The highest BCUT2D eigenvalue weighted by atomic mass is 28.4. The summed E-state index contributed by atoms with van der Waals surface area (Å²) in [6.07, 6.45) is 7.55. The lowest BCUT2D eigenvalue weighted by Gasteiger charge is -2.46. The summed E-state index contributed by atoms with van der Waals surface area (Å²) in [5.41, 5.74) is -0.377. The number of carbonyl (C=O) groups excluding carboxylic acids is 1. The van der Waals surface area contributed by atoms with E-state index in [9.17, 15) is 4.79 Å². The van der Waals surface area contributed by atoms with Crippen LogP contribution in [0.5, 0.6) is 0 Å². The fourth-order valence-corrected chi connectivity index (χ4v) is 4.34. The van der Waals surface area contributed by atoms with Gasteiger partial charge in [0, 0.05) is 5.41 Å². The Morgan fingerprint density at radius 2 is 1.55 bits per heavy atom. The molecule has 118 valence electrons. The molecule has 0 bridgehead atoms. The number of aldehydes is 1. The molecule has 2 nitrogen and oxygen atoms in total. The van der Waals surface area contributed by atoms with Crippen molar-refractivity contribution in [2.75, 3.05) is 0 Å². The minimum atomic E-state index is -1.84. The third-order valence-electron chi connectivity index (χ3n) is 5.34. The van der Waals surface area contributed by atoms with Crippen molar-refractivity contribution in [1.29, 1.82) is 0 Å². The molecule has 1 atom stereocenters. The molecule has 0 amide bonds. The average Bonchev–Trinajstić information content (AvgIpc) is 2.35. The maximum atomic E-state index is 11.6. The molecule has 0 aliphatic heterocycles. The maximum Gasteiger partial charge on any atom is 0.192 e. The Morgan fingerprint density at radius 3 is 1.95 bits per heavy atom. The van der Waals surface area contributed by atoms with Gasteiger partial charge in [-0.25, -0.2) is 0 Å². The van der Waals surface area contributed by atoms with E-state index in [1.807, 2.05) is 13.8 Å². The fourth-order valence-electron chi connectivity index (χ4n) is 2.85. The highest BCUT2D eigenvalue weighted by Crippen LogP contribution is 2.43. The SMILES string of the molecule is CC(C)(C=O)C(O[Si](C)(C)C(C)(C)C)C1CCCCC1. The van der Waals surface area contributed by atoms with Crippen LogP contribution in [0.3, 0.4) is 0 Å². The number of carbonyl (C=O) groups is 1. The molecule has 3 heteroatoms. The molecule has 1 aliphatic carbocycles. The lowest BCUT2D eigenvalue weighted by atomic mass is 9.75. The molecule has 0 heterocycles. The van der Waals surface area contributed by atoms with Gasteiger partial charge in [0.05, 0.1) is 6.10 Å². The second kappa shape index (κ2) is 6.31. The summed E-state index contributed by atoms with van der Waals surface area (Å²) in [4.78, 5) is 11.6. The first kappa shape index (κ1) is 17.9. The molecule has 0 aromatic heterocycles. The summed E-state index contributed by atoms with van der Waals surface area (Å²) in [6.45, 7) is 15.5. The van der Waals surface area contributed by atoms with Gasteiger partial charge in [-0.3, -0.25) is 0 Å². The monoisotopic (exact) mass is 298 g/mol. The number of rotatable bonds is 5. The maximum absolute atomic E-state index is 11.6. The molecule has 0 aromatic rings. The molecule has 0 saturated heterocycles. The van der Waals surface area contributed by atoms with E-state index in [0.717, 1.165) is 6.29 Å². The van der Waals surface area contributed by atoms with Crippen LogP contribution in [0.2, 0.25) is 18.1 Å². The summed E-state index contributed by atoms with van der Waals surface area (Å²) in [7, 11) is -1.84. The van der Waals surface area contributed by atoms with E-state index in [2.05, 4.69) is 33.9 Å². The lowest BCUT2D eigenvalue weighted by Crippen LogP contribution is -2.51. The van der Waals surface area contributed by atoms with Gasteiger partial charge in [0.15, 0.2) is 8.32 Å². The van der Waals surface area contributed by atoms with Crippen LogP contribution >= 0.6 is 0 Å². The van der Waals surface area contributed by atoms with E-state index >= 15 is 0 Å². The Bertz CT molecular complexity index is 322. The zero-order valence-corrected chi connectivity index (χ0v) is 15.6. The molecular weight excluding hydrogens is 264 g/mol. The van der Waals surface area contributed by atoms with Gasteiger partial charge in [-0.15, -0.1) is 0 Å². The quantitative estimate of drug-likeness (QED) is 0.516. The topological polar surface area (TPSA) is 26.3 Å². The van der Waals surface area contributed by atoms with Crippen LogP contribution in [-0.2, 0) is 9.22 Å². The zero-order chi connectivity index (χ0) is 15.6. The summed E-state index contributed by atoms with van der Waals surface area (Å²) in [6, 6.07) is 0. The van der Waals surface area contributed by atoms with Crippen LogP contribution in [0.25, 0.3) is 0 Å². The normalized spacial score (nSPS) is 20.8. The standard InChI is InChI=1S/C17H34O2Si/c1-16(2,3)20(6,7)19-15(17(4,5)13-18)14-11-9-8-10-12-14/h13-15H,8-12H2,1-7H3. The van der Waals surface area contributed by atoms with Gasteiger partial charge >= 0.3 is 0 Å². The van der Waals surface area contributed by atoms with E-state index in [-0.39, 0.29) is 16.6 Å². The summed E-state index contributed by atoms with van der Waals surface area (Å²) in [5.74, 6) is 0.554. The smallest absolute Gasteiger partial charge is 0.192 e. The highest BCUT2D eigenvalue weighted by Gasteiger charge is 2.45. The third kappa shape index (κ3) is 4.17. The average molecular weight is 299 g/mol.